The van der Waals surface area contributed by atoms with Crippen molar-refractivity contribution in [3.05, 3.63) is 71.5 Å². The average molecular weight is 447 g/mol. The summed E-state index contributed by atoms with van der Waals surface area (Å²) >= 11 is 5.99. The van der Waals surface area contributed by atoms with Gasteiger partial charge in [0.25, 0.3) is 15.9 Å². The number of carbonyl (C=O) groups is 1. The first-order chi connectivity index (χ1) is 14.2. The summed E-state index contributed by atoms with van der Waals surface area (Å²) < 4.78 is 32.7. The number of rotatable bonds is 7. The number of aryl methyl sites for hydroxylation is 1. The number of aromatic nitrogens is 2. The van der Waals surface area contributed by atoms with E-state index in [-0.39, 0.29) is 16.8 Å². The van der Waals surface area contributed by atoms with Gasteiger partial charge in [-0.05, 0) is 67.9 Å². The Hall–Kier alpha value is -3.17. The van der Waals surface area contributed by atoms with Crippen molar-refractivity contribution in [3.8, 4) is 5.75 Å². The molecular weight excluding hydrogens is 428 g/mol. The van der Waals surface area contributed by atoms with E-state index in [1.165, 1.54) is 36.7 Å². The van der Waals surface area contributed by atoms with Gasteiger partial charge in [-0.25, -0.2) is 23.1 Å². The van der Waals surface area contributed by atoms with Gasteiger partial charge in [0.15, 0.2) is 6.10 Å². The van der Waals surface area contributed by atoms with E-state index in [0.717, 1.165) is 5.56 Å². The largest absolute Gasteiger partial charge is 0.481 e. The Morgan fingerprint density at radius 1 is 1.10 bits per heavy atom. The van der Waals surface area contributed by atoms with E-state index in [4.69, 9.17) is 16.3 Å². The molecule has 0 saturated heterocycles. The third kappa shape index (κ3) is 5.46. The van der Waals surface area contributed by atoms with E-state index in [9.17, 15) is 13.2 Å². The molecule has 30 heavy (non-hydrogen) atoms. The van der Waals surface area contributed by atoms with E-state index < -0.39 is 16.1 Å². The number of carbonyl (C=O) groups excluding carboxylic acids is 1. The molecular formula is C20H19ClN4O4S. The number of hydrogen-bond donors (Lipinski definition) is 2. The van der Waals surface area contributed by atoms with E-state index in [2.05, 4.69) is 20.0 Å². The first kappa shape index (κ1) is 21.5. The number of ether oxygens (including phenoxy) is 1. The van der Waals surface area contributed by atoms with Crippen LogP contribution in [0.15, 0.2) is 65.8 Å². The molecule has 0 radical (unpaired) electrons. The zero-order chi connectivity index (χ0) is 21.7. The Balaban J connectivity index is 1.63. The number of sulfonamides is 1. The fourth-order valence-corrected chi connectivity index (χ4v) is 3.52. The minimum atomic E-state index is -3.85. The third-order valence-corrected chi connectivity index (χ3v) is 5.80. The van der Waals surface area contributed by atoms with Gasteiger partial charge in [-0.2, -0.15) is 0 Å². The van der Waals surface area contributed by atoms with Crippen LogP contribution in [0.4, 0.5) is 11.6 Å². The maximum absolute atomic E-state index is 12.4. The molecule has 0 saturated carbocycles. The number of benzene rings is 2. The van der Waals surface area contributed by atoms with Crippen LogP contribution < -0.4 is 14.8 Å². The van der Waals surface area contributed by atoms with Crippen molar-refractivity contribution in [2.75, 3.05) is 10.0 Å². The molecule has 3 aromatic rings. The third-order valence-electron chi connectivity index (χ3n) is 4.04. The van der Waals surface area contributed by atoms with Crippen molar-refractivity contribution in [1.82, 2.24) is 9.97 Å². The van der Waals surface area contributed by atoms with Gasteiger partial charge >= 0.3 is 0 Å². The molecule has 2 aromatic carbocycles. The lowest BCUT2D eigenvalue weighted by Gasteiger charge is -2.15. The van der Waals surface area contributed by atoms with Crippen molar-refractivity contribution in [2.45, 2.75) is 24.8 Å². The zero-order valence-corrected chi connectivity index (χ0v) is 17.7. The minimum absolute atomic E-state index is 0.00823. The highest BCUT2D eigenvalue weighted by molar-refractivity contribution is 7.92. The van der Waals surface area contributed by atoms with Crippen molar-refractivity contribution in [1.29, 1.82) is 0 Å². The van der Waals surface area contributed by atoms with Crippen LogP contribution in [0.2, 0.25) is 5.02 Å². The summed E-state index contributed by atoms with van der Waals surface area (Å²) in [5, 5.41) is 3.30. The van der Waals surface area contributed by atoms with Crippen molar-refractivity contribution in [2.24, 2.45) is 0 Å². The molecule has 1 atom stereocenters. The molecule has 0 spiro atoms. The molecule has 0 bridgehead atoms. The monoisotopic (exact) mass is 446 g/mol. The second-order valence-electron chi connectivity index (χ2n) is 6.36. The van der Waals surface area contributed by atoms with E-state index in [0.29, 0.717) is 16.5 Å². The number of anilines is 2. The van der Waals surface area contributed by atoms with Gasteiger partial charge in [-0.15, -0.1) is 0 Å². The molecule has 2 N–H and O–H groups in total. The second-order valence-corrected chi connectivity index (χ2v) is 8.45. The van der Waals surface area contributed by atoms with Crippen molar-refractivity contribution >= 4 is 39.2 Å². The van der Waals surface area contributed by atoms with Gasteiger partial charge in [0.2, 0.25) is 5.95 Å². The van der Waals surface area contributed by atoms with Crippen LogP contribution in [-0.4, -0.2) is 30.4 Å². The van der Waals surface area contributed by atoms with E-state index >= 15 is 0 Å². The van der Waals surface area contributed by atoms with Crippen LogP contribution in [0.1, 0.15) is 12.5 Å². The minimum Gasteiger partial charge on any atom is -0.481 e. The molecule has 1 heterocycles. The molecule has 0 aliphatic carbocycles. The summed E-state index contributed by atoms with van der Waals surface area (Å²) in [5.41, 5.74) is 1.27. The van der Waals surface area contributed by atoms with Crippen LogP contribution >= 0.6 is 11.6 Å². The van der Waals surface area contributed by atoms with Crippen molar-refractivity contribution < 1.29 is 17.9 Å². The van der Waals surface area contributed by atoms with Gasteiger partial charge in [0.1, 0.15) is 5.75 Å². The Kier molecular flexibility index (Phi) is 6.53. The van der Waals surface area contributed by atoms with Gasteiger partial charge in [0, 0.05) is 23.1 Å². The first-order valence-electron chi connectivity index (χ1n) is 8.88. The molecule has 0 aliphatic heterocycles. The summed E-state index contributed by atoms with van der Waals surface area (Å²) in [5.74, 6) is 0.113. The first-order valence-corrected chi connectivity index (χ1v) is 10.7. The maximum atomic E-state index is 12.4. The normalized spacial score (nSPS) is 12.1. The predicted molar refractivity (Wildman–Crippen MR) is 114 cm³/mol. The van der Waals surface area contributed by atoms with E-state index in [1.54, 1.807) is 31.2 Å². The van der Waals surface area contributed by atoms with Gasteiger partial charge in [-0.1, -0.05) is 11.6 Å². The lowest BCUT2D eigenvalue weighted by Crippen LogP contribution is -2.30. The number of hydrogen-bond acceptors (Lipinski definition) is 6. The number of halogens is 1. The Morgan fingerprint density at radius 3 is 2.40 bits per heavy atom. The topological polar surface area (TPSA) is 110 Å². The number of nitrogens with one attached hydrogen (secondary N) is 2. The van der Waals surface area contributed by atoms with Crippen LogP contribution in [-0.2, 0) is 14.8 Å². The molecule has 3 rings (SSSR count). The van der Waals surface area contributed by atoms with Gasteiger partial charge in [0.05, 0.1) is 4.90 Å². The predicted octanol–water partition coefficient (Wildman–Crippen LogP) is 3.65. The van der Waals surface area contributed by atoms with Crippen LogP contribution in [0.25, 0.3) is 0 Å². The van der Waals surface area contributed by atoms with E-state index in [1.807, 2.05) is 6.92 Å². The fourth-order valence-electron chi connectivity index (χ4n) is 2.44. The highest BCUT2D eigenvalue weighted by Gasteiger charge is 2.18. The second kappa shape index (κ2) is 9.10. The summed E-state index contributed by atoms with van der Waals surface area (Å²) in [4.78, 5) is 20.1. The molecule has 1 aromatic heterocycles. The maximum Gasteiger partial charge on any atom is 0.265 e. The Morgan fingerprint density at radius 2 is 1.77 bits per heavy atom. The van der Waals surface area contributed by atoms with Crippen LogP contribution in [0.5, 0.6) is 5.75 Å². The summed E-state index contributed by atoms with van der Waals surface area (Å²) in [6.07, 6.45) is 2.08. The SMILES string of the molecule is Cc1cc(OC(C)C(=O)Nc2ccc(S(=O)(=O)Nc3ncccn3)cc2)ccc1Cl. The van der Waals surface area contributed by atoms with Crippen molar-refractivity contribution in [3.63, 3.8) is 0 Å². The van der Waals surface area contributed by atoms with Crippen LogP contribution in [0.3, 0.4) is 0 Å². The van der Waals surface area contributed by atoms with Gasteiger partial charge in [-0.3, -0.25) is 4.79 Å². The molecule has 10 heteroatoms. The highest BCUT2D eigenvalue weighted by Crippen LogP contribution is 2.22. The molecule has 156 valence electrons. The van der Waals surface area contributed by atoms with Crippen LogP contribution in [0, 0.1) is 6.92 Å². The average Bonchev–Trinajstić information content (AvgIpc) is 2.71. The molecule has 0 fully saturated rings. The molecule has 1 amide bonds. The lowest BCUT2D eigenvalue weighted by atomic mass is 10.2. The lowest BCUT2D eigenvalue weighted by molar-refractivity contribution is -0.122. The smallest absolute Gasteiger partial charge is 0.265 e. The number of nitrogens with zero attached hydrogens (tertiary/aromatic N) is 2. The fraction of sp³-hybridized carbons (Fsp3) is 0.150. The molecule has 8 nitrogen and oxygen atoms in total. The molecule has 1 unspecified atom stereocenters. The Bertz CT molecular complexity index is 1140. The highest BCUT2D eigenvalue weighted by atomic mass is 35.5. The molecule has 0 aliphatic rings. The quantitative estimate of drug-likeness (QED) is 0.573. The zero-order valence-electron chi connectivity index (χ0n) is 16.2. The number of amides is 1. The Labute approximate surface area is 179 Å². The summed E-state index contributed by atoms with van der Waals surface area (Å²) in [6.45, 7) is 3.45. The standard InChI is InChI=1S/C20H19ClN4O4S/c1-13-12-16(6-9-18(13)21)29-14(2)19(26)24-15-4-7-17(8-5-15)30(27,28)25-20-22-10-3-11-23-20/h3-12,14H,1-2H3,(H,24,26)(H,22,23,25). The summed E-state index contributed by atoms with van der Waals surface area (Å²) in [7, 11) is -3.85. The van der Waals surface area contributed by atoms with Gasteiger partial charge < -0.3 is 10.1 Å². The summed E-state index contributed by atoms with van der Waals surface area (Å²) in [6, 6.07) is 12.4.